The van der Waals surface area contributed by atoms with Gasteiger partial charge in [-0.05, 0) is 36.3 Å². The van der Waals surface area contributed by atoms with Gasteiger partial charge < -0.3 is 0 Å². The molecule has 0 aliphatic carbocycles. The van der Waals surface area contributed by atoms with E-state index in [1.54, 1.807) is 18.2 Å². The second-order valence-corrected chi connectivity index (χ2v) is 4.94. The van der Waals surface area contributed by atoms with Gasteiger partial charge in [0.25, 0.3) is 0 Å². The van der Waals surface area contributed by atoms with Crippen molar-refractivity contribution in [2.45, 2.75) is 6.92 Å². The van der Waals surface area contributed by atoms with E-state index in [0.717, 1.165) is 11.1 Å². The molecule has 0 N–H and O–H groups in total. The summed E-state index contributed by atoms with van der Waals surface area (Å²) in [4.78, 5) is 12.1. The average Bonchev–Trinajstić information content (AvgIpc) is 2.40. The maximum absolute atomic E-state index is 12.1. The first-order valence-corrected chi connectivity index (χ1v) is 6.57. The fourth-order valence-electron chi connectivity index (χ4n) is 1.75. The maximum Gasteiger partial charge on any atom is 0.186 e. The summed E-state index contributed by atoms with van der Waals surface area (Å²) in [6.07, 6.45) is 3.20. The van der Waals surface area contributed by atoms with Crippen LogP contribution in [0.1, 0.15) is 21.5 Å². The smallest absolute Gasteiger partial charge is 0.186 e. The zero-order valence-corrected chi connectivity index (χ0v) is 11.9. The molecular weight excluding hydrogens is 279 g/mol. The first-order chi connectivity index (χ1) is 9.09. The highest BCUT2D eigenvalue weighted by Crippen LogP contribution is 2.26. The Balaban J connectivity index is 2.26. The van der Waals surface area contributed by atoms with Gasteiger partial charge in [0.05, 0.1) is 10.0 Å². The van der Waals surface area contributed by atoms with E-state index in [0.29, 0.717) is 15.6 Å². The molecule has 0 bridgehead atoms. The van der Waals surface area contributed by atoms with E-state index in [9.17, 15) is 4.79 Å². The number of hydrogen-bond donors (Lipinski definition) is 0. The minimum absolute atomic E-state index is 0.0471. The van der Waals surface area contributed by atoms with Crippen LogP contribution in [0, 0.1) is 6.92 Å². The zero-order valence-electron chi connectivity index (χ0n) is 10.4. The van der Waals surface area contributed by atoms with E-state index in [2.05, 4.69) is 0 Å². The average molecular weight is 291 g/mol. The van der Waals surface area contributed by atoms with E-state index < -0.39 is 0 Å². The van der Waals surface area contributed by atoms with E-state index in [-0.39, 0.29) is 5.78 Å². The molecule has 2 aromatic rings. The van der Waals surface area contributed by atoms with Crippen LogP contribution in [0.2, 0.25) is 10.0 Å². The monoisotopic (exact) mass is 290 g/mol. The molecule has 2 aromatic carbocycles. The molecule has 0 aromatic heterocycles. The zero-order chi connectivity index (χ0) is 13.8. The van der Waals surface area contributed by atoms with E-state index in [4.69, 9.17) is 23.2 Å². The van der Waals surface area contributed by atoms with Gasteiger partial charge in [-0.25, -0.2) is 0 Å². The molecule has 3 heteroatoms. The lowest BCUT2D eigenvalue weighted by Crippen LogP contribution is -1.96. The number of aryl methyl sites for hydroxylation is 1. The first-order valence-electron chi connectivity index (χ1n) is 5.81. The van der Waals surface area contributed by atoms with Gasteiger partial charge in [0.1, 0.15) is 0 Å². The predicted molar refractivity (Wildman–Crippen MR) is 81.0 cm³/mol. The van der Waals surface area contributed by atoms with Crippen LogP contribution in [0.4, 0.5) is 0 Å². The molecule has 1 nitrogen and oxygen atoms in total. The van der Waals surface area contributed by atoms with Crippen molar-refractivity contribution in [1.82, 2.24) is 0 Å². The number of carbonyl (C=O) groups is 1. The Morgan fingerprint density at radius 1 is 1.05 bits per heavy atom. The molecule has 0 saturated carbocycles. The highest BCUT2D eigenvalue weighted by molar-refractivity contribution is 6.42. The fraction of sp³-hybridized carbons (Fsp3) is 0.0625. The molecule has 0 radical (unpaired) electrons. The number of carbonyl (C=O) groups excluding carboxylic acids is 1. The second-order valence-electron chi connectivity index (χ2n) is 4.16. The van der Waals surface area contributed by atoms with Gasteiger partial charge in [0.15, 0.2) is 5.78 Å². The Morgan fingerprint density at radius 3 is 2.53 bits per heavy atom. The van der Waals surface area contributed by atoms with Crippen molar-refractivity contribution in [3.05, 3.63) is 75.3 Å². The van der Waals surface area contributed by atoms with Crippen LogP contribution in [0.5, 0.6) is 0 Å². The fourth-order valence-corrected chi connectivity index (χ4v) is 2.12. The summed E-state index contributed by atoms with van der Waals surface area (Å²) in [7, 11) is 0. The van der Waals surface area contributed by atoms with Gasteiger partial charge >= 0.3 is 0 Å². The minimum atomic E-state index is -0.0471. The van der Waals surface area contributed by atoms with Crippen LogP contribution >= 0.6 is 23.2 Å². The summed E-state index contributed by atoms with van der Waals surface area (Å²) in [6.45, 7) is 1.91. The lowest BCUT2D eigenvalue weighted by atomic mass is 10.0. The number of allylic oxidation sites excluding steroid dienone is 1. The van der Waals surface area contributed by atoms with Crippen molar-refractivity contribution in [3.8, 4) is 0 Å². The topological polar surface area (TPSA) is 17.1 Å². The lowest BCUT2D eigenvalue weighted by Gasteiger charge is -2.02. The minimum Gasteiger partial charge on any atom is -0.289 e. The van der Waals surface area contributed by atoms with Crippen LogP contribution in [-0.2, 0) is 0 Å². The molecule has 0 saturated heterocycles. The SMILES string of the molecule is Cc1ccccc1C(=O)/C=C/c1cccc(Cl)c1Cl. The molecule has 0 aliphatic rings. The Bertz CT molecular complexity index is 645. The number of ketones is 1. The van der Waals surface area contributed by atoms with Crippen molar-refractivity contribution in [1.29, 1.82) is 0 Å². The number of benzene rings is 2. The summed E-state index contributed by atoms with van der Waals surface area (Å²) in [5, 5.41) is 0.935. The van der Waals surface area contributed by atoms with Crippen molar-refractivity contribution < 1.29 is 4.79 Å². The highest BCUT2D eigenvalue weighted by atomic mass is 35.5. The molecular formula is C16H12Cl2O. The van der Waals surface area contributed by atoms with Gasteiger partial charge in [-0.1, -0.05) is 59.6 Å². The number of hydrogen-bond acceptors (Lipinski definition) is 1. The third kappa shape index (κ3) is 3.25. The van der Waals surface area contributed by atoms with Crippen molar-refractivity contribution in [2.24, 2.45) is 0 Å². The van der Waals surface area contributed by atoms with E-state index in [1.165, 1.54) is 6.08 Å². The summed E-state index contributed by atoms with van der Waals surface area (Å²) in [5.74, 6) is -0.0471. The highest BCUT2D eigenvalue weighted by Gasteiger charge is 2.05. The second kappa shape index (κ2) is 6.05. The van der Waals surface area contributed by atoms with Crippen LogP contribution in [-0.4, -0.2) is 5.78 Å². The molecule has 0 spiro atoms. The van der Waals surface area contributed by atoms with Crippen molar-refractivity contribution in [3.63, 3.8) is 0 Å². The van der Waals surface area contributed by atoms with Gasteiger partial charge in [-0.15, -0.1) is 0 Å². The molecule has 2 rings (SSSR count). The van der Waals surface area contributed by atoms with Gasteiger partial charge in [0.2, 0.25) is 0 Å². The lowest BCUT2D eigenvalue weighted by molar-refractivity contribution is 0.104. The molecule has 0 amide bonds. The Morgan fingerprint density at radius 2 is 1.79 bits per heavy atom. The molecule has 0 unspecified atom stereocenters. The van der Waals surface area contributed by atoms with E-state index >= 15 is 0 Å². The van der Waals surface area contributed by atoms with Gasteiger partial charge in [-0.3, -0.25) is 4.79 Å². The summed E-state index contributed by atoms with van der Waals surface area (Å²) in [6, 6.07) is 12.8. The standard InChI is InChI=1S/C16H12Cl2O/c1-11-5-2-3-7-13(11)15(19)10-9-12-6-4-8-14(17)16(12)18/h2-10H,1H3/b10-9+. The van der Waals surface area contributed by atoms with Crippen molar-refractivity contribution in [2.75, 3.05) is 0 Å². The molecule has 96 valence electrons. The molecule has 0 fully saturated rings. The van der Waals surface area contributed by atoms with Crippen molar-refractivity contribution >= 4 is 35.1 Å². The summed E-state index contributed by atoms with van der Waals surface area (Å²) >= 11 is 12.0. The van der Waals surface area contributed by atoms with Gasteiger partial charge in [-0.2, -0.15) is 0 Å². The van der Waals surface area contributed by atoms with Crippen LogP contribution in [0.3, 0.4) is 0 Å². The summed E-state index contributed by atoms with van der Waals surface area (Å²) in [5.41, 5.74) is 2.38. The van der Waals surface area contributed by atoms with Gasteiger partial charge in [0, 0.05) is 5.56 Å². The third-order valence-corrected chi connectivity index (χ3v) is 3.64. The largest absolute Gasteiger partial charge is 0.289 e. The molecule has 0 heterocycles. The normalized spacial score (nSPS) is 10.9. The Labute approximate surface area is 122 Å². The summed E-state index contributed by atoms with van der Waals surface area (Å²) < 4.78 is 0. The maximum atomic E-state index is 12.1. The van der Waals surface area contributed by atoms with E-state index in [1.807, 2.05) is 37.3 Å². The molecule has 19 heavy (non-hydrogen) atoms. The predicted octanol–water partition coefficient (Wildman–Crippen LogP) is 5.20. The van der Waals surface area contributed by atoms with Crippen LogP contribution in [0.25, 0.3) is 6.08 Å². The third-order valence-electron chi connectivity index (χ3n) is 2.81. The quantitative estimate of drug-likeness (QED) is 0.561. The molecule has 0 atom stereocenters. The van der Waals surface area contributed by atoms with Crippen LogP contribution < -0.4 is 0 Å². The number of rotatable bonds is 3. The Hall–Kier alpha value is -1.57. The van der Waals surface area contributed by atoms with Crippen LogP contribution in [0.15, 0.2) is 48.5 Å². The number of halogens is 2. The molecule has 0 aliphatic heterocycles. The Kier molecular flexibility index (Phi) is 4.41. The first kappa shape index (κ1) is 13.9.